The second-order valence-corrected chi connectivity index (χ2v) is 8.23. The SMILES string of the molecule is O=C(NC(c1cccc(Br)c1)C1(O)CCCC1)c1cccc(C(F)(F)F)c1Cl. The fourth-order valence-corrected chi connectivity index (χ4v) is 4.36. The number of carbonyl (C=O) groups is 1. The van der Waals surface area contributed by atoms with Gasteiger partial charge in [0.05, 0.1) is 27.8 Å². The Morgan fingerprint density at radius 1 is 1.18 bits per heavy atom. The van der Waals surface area contributed by atoms with Crippen LogP contribution in [0.4, 0.5) is 13.2 Å². The van der Waals surface area contributed by atoms with Gasteiger partial charge in [0.25, 0.3) is 5.91 Å². The molecule has 28 heavy (non-hydrogen) atoms. The van der Waals surface area contributed by atoms with E-state index in [0.29, 0.717) is 18.4 Å². The summed E-state index contributed by atoms with van der Waals surface area (Å²) in [6, 6.07) is 9.56. The van der Waals surface area contributed by atoms with E-state index in [-0.39, 0.29) is 5.56 Å². The first-order valence-electron chi connectivity index (χ1n) is 8.76. The largest absolute Gasteiger partial charge is 0.417 e. The summed E-state index contributed by atoms with van der Waals surface area (Å²) in [6.07, 6.45) is -2.08. The first-order chi connectivity index (χ1) is 13.1. The number of carbonyl (C=O) groups excluding carboxylic acids is 1. The van der Waals surface area contributed by atoms with E-state index >= 15 is 0 Å². The Kier molecular flexibility index (Phi) is 6.08. The number of hydrogen-bond donors (Lipinski definition) is 2. The van der Waals surface area contributed by atoms with Crippen LogP contribution in [0.15, 0.2) is 46.9 Å². The number of aliphatic hydroxyl groups is 1. The molecule has 2 N–H and O–H groups in total. The molecule has 2 aromatic rings. The van der Waals surface area contributed by atoms with Crippen molar-refractivity contribution in [1.82, 2.24) is 5.32 Å². The van der Waals surface area contributed by atoms with Crippen LogP contribution in [0.25, 0.3) is 0 Å². The van der Waals surface area contributed by atoms with E-state index in [2.05, 4.69) is 21.2 Å². The third kappa shape index (κ3) is 4.36. The number of alkyl halides is 3. The van der Waals surface area contributed by atoms with Crippen LogP contribution in [0.5, 0.6) is 0 Å². The zero-order valence-corrected chi connectivity index (χ0v) is 17.0. The van der Waals surface area contributed by atoms with Gasteiger partial charge in [0.2, 0.25) is 0 Å². The summed E-state index contributed by atoms with van der Waals surface area (Å²) >= 11 is 9.26. The highest BCUT2D eigenvalue weighted by Gasteiger charge is 2.42. The monoisotopic (exact) mass is 475 g/mol. The standard InChI is InChI=1S/C20H18BrClF3NO2/c21-13-6-3-5-12(11-13)17(19(28)9-1-2-10-19)26-18(27)14-7-4-8-15(16(14)22)20(23,24)25/h3-8,11,17,28H,1-2,9-10H2,(H,26,27). The number of halogens is 5. The topological polar surface area (TPSA) is 49.3 Å². The second-order valence-electron chi connectivity index (χ2n) is 6.94. The summed E-state index contributed by atoms with van der Waals surface area (Å²) in [5.74, 6) is -0.763. The predicted octanol–water partition coefficient (Wildman–Crippen LogP) is 5.90. The normalized spacial score (nSPS) is 17.4. The average Bonchev–Trinajstić information content (AvgIpc) is 3.06. The van der Waals surface area contributed by atoms with Gasteiger partial charge in [-0.2, -0.15) is 13.2 Å². The molecule has 0 aromatic heterocycles. The Labute approximate surface area is 174 Å². The molecule has 1 unspecified atom stereocenters. The van der Waals surface area contributed by atoms with E-state index in [1.807, 2.05) is 6.07 Å². The number of amides is 1. The van der Waals surface area contributed by atoms with Crippen LogP contribution in [0, 0.1) is 0 Å². The Balaban J connectivity index is 1.97. The molecule has 0 spiro atoms. The van der Waals surface area contributed by atoms with Gasteiger partial charge in [0, 0.05) is 4.47 Å². The van der Waals surface area contributed by atoms with Crippen molar-refractivity contribution >= 4 is 33.4 Å². The lowest BCUT2D eigenvalue weighted by Crippen LogP contribution is -2.44. The van der Waals surface area contributed by atoms with Crippen LogP contribution in [0.3, 0.4) is 0 Å². The first kappa shape index (κ1) is 21.1. The molecule has 1 amide bonds. The minimum absolute atomic E-state index is 0.280. The zero-order valence-electron chi connectivity index (χ0n) is 14.7. The molecule has 1 aliphatic carbocycles. The lowest BCUT2D eigenvalue weighted by Gasteiger charge is -2.34. The van der Waals surface area contributed by atoms with E-state index in [0.717, 1.165) is 29.4 Å². The van der Waals surface area contributed by atoms with Crippen molar-refractivity contribution < 1.29 is 23.1 Å². The average molecular weight is 477 g/mol. The quantitative estimate of drug-likeness (QED) is 0.577. The summed E-state index contributed by atoms with van der Waals surface area (Å²) in [7, 11) is 0. The van der Waals surface area contributed by atoms with Crippen LogP contribution in [0.1, 0.15) is 53.2 Å². The van der Waals surface area contributed by atoms with E-state index in [4.69, 9.17) is 11.6 Å². The molecular formula is C20H18BrClF3NO2. The third-order valence-electron chi connectivity index (χ3n) is 5.01. The van der Waals surface area contributed by atoms with Crippen molar-refractivity contribution in [2.45, 2.75) is 43.5 Å². The number of hydrogen-bond acceptors (Lipinski definition) is 2. The minimum Gasteiger partial charge on any atom is -0.387 e. The number of rotatable bonds is 4. The maximum absolute atomic E-state index is 13.1. The molecule has 1 aliphatic rings. The third-order valence-corrected chi connectivity index (χ3v) is 5.91. The maximum Gasteiger partial charge on any atom is 0.417 e. The molecule has 3 rings (SSSR count). The van der Waals surface area contributed by atoms with E-state index in [1.54, 1.807) is 18.2 Å². The van der Waals surface area contributed by atoms with Gasteiger partial charge >= 0.3 is 6.18 Å². The van der Waals surface area contributed by atoms with E-state index in [9.17, 15) is 23.1 Å². The van der Waals surface area contributed by atoms with Crippen molar-refractivity contribution in [3.63, 3.8) is 0 Å². The van der Waals surface area contributed by atoms with Gasteiger partial charge in [-0.3, -0.25) is 4.79 Å². The summed E-state index contributed by atoms with van der Waals surface area (Å²) in [4.78, 5) is 12.8. The van der Waals surface area contributed by atoms with Gasteiger partial charge in [-0.15, -0.1) is 0 Å². The van der Waals surface area contributed by atoms with Crippen molar-refractivity contribution in [2.75, 3.05) is 0 Å². The first-order valence-corrected chi connectivity index (χ1v) is 9.93. The zero-order chi connectivity index (χ0) is 20.5. The van der Waals surface area contributed by atoms with E-state index < -0.39 is 34.3 Å². The lowest BCUT2D eigenvalue weighted by atomic mass is 9.86. The van der Waals surface area contributed by atoms with Gasteiger partial charge < -0.3 is 10.4 Å². The van der Waals surface area contributed by atoms with Crippen molar-refractivity contribution in [3.05, 3.63) is 68.7 Å². The smallest absolute Gasteiger partial charge is 0.387 e. The predicted molar refractivity (Wildman–Crippen MR) is 104 cm³/mol. The fraction of sp³-hybridized carbons (Fsp3) is 0.350. The highest BCUT2D eigenvalue weighted by atomic mass is 79.9. The van der Waals surface area contributed by atoms with Gasteiger partial charge in [0.1, 0.15) is 0 Å². The Bertz CT molecular complexity index is 882. The van der Waals surface area contributed by atoms with Crippen LogP contribution in [0.2, 0.25) is 5.02 Å². The van der Waals surface area contributed by atoms with Crippen molar-refractivity contribution in [3.8, 4) is 0 Å². The molecule has 8 heteroatoms. The molecule has 150 valence electrons. The highest BCUT2D eigenvalue weighted by molar-refractivity contribution is 9.10. The van der Waals surface area contributed by atoms with Gasteiger partial charge in [-0.25, -0.2) is 0 Å². The van der Waals surface area contributed by atoms with Gasteiger partial charge in [0.15, 0.2) is 0 Å². The van der Waals surface area contributed by atoms with Crippen LogP contribution in [-0.2, 0) is 6.18 Å². The molecule has 1 atom stereocenters. The molecule has 0 heterocycles. The Morgan fingerprint density at radius 2 is 1.82 bits per heavy atom. The maximum atomic E-state index is 13.1. The molecule has 0 saturated heterocycles. The highest BCUT2D eigenvalue weighted by Crippen LogP contribution is 2.41. The summed E-state index contributed by atoms with van der Waals surface area (Å²) in [5, 5.41) is 13.2. The Morgan fingerprint density at radius 3 is 2.43 bits per heavy atom. The number of benzene rings is 2. The molecule has 0 bridgehead atoms. The van der Waals surface area contributed by atoms with Crippen molar-refractivity contribution in [2.24, 2.45) is 0 Å². The van der Waals surface area contributed by atoms with Crippen molar-refractivity contribution in [1.29, 1.82) is 0 Å². The second kappa shape index (κ2) is 8.05. The lowest BCUT2D eigenvalue weighted by molar-refractivity contribution is -0.137. The molecule has 1 fully saturated rings. The Hall–Kier alpha value is -1.57. The molecule has 1 saturated carbocycles. The summed E-state index contributed by atoms with van der Waals surface area (Å²) < 4.78 is 40.1. The molecule has 2 aromatic carbocycles. The fourth-order valence-electron chi connectivity index (χ4n) is 3.63. The molecule has 3 nitrogen and oxygen atoms in total. The molecule has 0 radical (unpaired) electrons. The minimum atomic E-state index is -4.67. The van der Waals surface area contributed by atoms with Crippen LogP contribution >= 0.6 is 27.5 Å². The van der Waals surface area contributed by atoms with Crippen LogP contribution in [-0.4, -0.2) is 16.6 Å². The molecular weight excluding hydrogens is 459 g/mol. The number of nitrogens with one attached hydrogen (secondary N) is 1. The summed E-state index contributed by atoms with van der Waals surface area (Å²) in [5.41, 5.74) is -1.86. The summed E-state index contributed by atoms with van der Waals surface area (Å²) in [6.45, 7) is 0. The van der Waals surface area contributed by atoms with E-state index in [1.165, 1.54) is 6.07 Å². The molecule has 0 aliphatic heterocycles. The van der Waals surface area contributed by atoms with Gasteiger partial charge in [-0.05, 0) is 42.7 Å². The van der Waals surface area contributed by atoms with Gasteiger partial charge in [-0.1, -0.05) is 58.6 Å². The van der Waals surface area contributed by atoms with Crippen LogP contribution < -0.4 is 5.32 Å².